The highest BCUT2D eigenvalue weighted by Crippen LogP contribution is 2.24. The van der Waals surface area contributed by atoms with Crippen molar-refractivity contribution in [2.45, 2.75) is 0 Å². The average Bonchev–Trinajstić information content (AvgIpc) is 2.17. The molecule has 1 aromatic heterocycles. The van der Waals surface area contributed by atoms with Gasteiger partial charge in [0.05, 0.1) is 16.1 Å². The number of carbonyl (C=O) groups is 1. The molecule has 0 atom stereocenters. The Morgan fingerprint density at radius 2 is 2.00 bits per heavy atom. The highest BCUT2D eigenvalue weighted by Gasteiger charge is 2.09. The summed E-state index contributed by atoms with van der Waals surface area (Å²) in [7, 11) is 0. The number of nitrogens with zero attached hydrogens (tertiary/aromatic N) is 1. The average molecular weight is 263 g/mol. The van der Waals surface area contributed by atoms with E-state index in [0.717, 1.165) is 5.39 Å². The van der Waals surface area contributed by atoms with Crippen LogP contribution >= 0.6 is 35.6 Å². The lowest BCUT2D eigenvalue weighted by Crippen LogP contribution is -1.92. The lowest BCUT2D eigenvalue weighted by Gasteiger charge is -2.01. The molecule has 78 valence electrons. The molecule has 0 aliphatic carbocycles. The summed E-state index contributed by atoms with van der Waals surface area (Å²) >= 11 is 11.4. The SMILES string of the molecule is Cl.O=C(Cl)c1cccc2c(Cl)ccnc12. The number of rotatable bonds is 1. The smallest absolute Gasteiger partial charge is 0.254 e. The molecule has 0 saturated heterocycles. The topological polar surface area (TPSA) is 30.0 Å². The number of hydrogen-bond acceptors (Lipinski definition) is 2. The number of para-hydroxylation sites is 1. The second-order valence-corrected chi connectivity index (χ2v) is 3.52. The first kappa shape index (κ1) is 12.2. The number of aromatic nitrogens is 1. The molecule has 0 bridgehead atoms. The van der Waals surface area contributed by atoms with Gasteiger partial charge in [0.15, 0.2) is 0 Å². The van der Waals surface area contributed by atoms with E-state index in [1.54, 1.807) is 30.5 Å². The fourth-order valence-corrected chi connectivity index (χ4v) is 1.66. The Morgan fingerprint density at radius 1 is 1.27 bits per heavy atom. The molecule has 1 aromatic carbocycles. The van der Waals surface area contributed by atoms with Crippen molar-refractivity contribution in [3.05, 3.63) is 41.0 Å². The molecule has 0 amide bonds. The lowest BCUT2D eigenvalue weighted by atomic mass is 10.1. The van der Waals surface area contributed by atoms with Crippen molar-refractivity contribution in [3.8, 4) is 0 Å². The van der Waals surface area contributed by atoms with E-state index in [-0.39, 0.29) is 12.4 Å². The largest absolute Gasteiger partial charge is 0.276 e. The van der Waals surface area contributed by atoms with Crippen molar-refractivity contribution < 1.29 is 4.79 Å². The van der Waals surface area contributed by atoms with Gasteiger partial charge < -0.3 is 0 Å². The fraction of sp³-hybridized carbons (Fsp3) is 0. The first-order valence-electron chi connectivity index (χ1n) is 3.93. The minimum atomic E-state index is -0.523. The summed E-state index contributed by atoms with van der Waals surface area (Å²) in [6.07, 6.45) is 1.55. The summed E-state index contributed by atoms with van der Waals surface area (Å²) in [5.41, 5.74) is 0.923. The quantitative estimate of drug-likeness (QED) is 0.734. The molecular formula is C10H6Cl3NO. The third-order valence-electron chi connectivity index (χ3n) is 1.93. The van der Waals surface area contributed by atoms with E-state index in [2.05, 4.69) is 4.98 Å². The summed E-state index contributed by atoms with van der Waals surface area (Å²) in [4.78, 5) is 15.1. The molecule has 5 heteroatoms. The molecule has 1 heterocycles. The number of halogens is 3. The van der Waals surface area contributed by atoms with Gasteiger partial charge in [-0.3, -0.25) is 9.78 Å². The van der Waals surface area contributed by atoms with E-state index >= 15 is 0 Å². The standard InChI is InChI=1S/C10H5Cl2NO.ClH/c11-8-4-5-13-9-6(8)2-1-3-7(9)10(12)14;/h1-5H;1H. The molecular weight excluding hydrogens is 256 g/mol. The monoisotopic (exact) mass is 261 g/mol. The van der Waals surface area contributed by atoms with Gasteiger partial charge in [-0.2, -0.15) is 0 Å². The first-order valence-corrected chi connectivity index (χ1v) is 4.69. The third kappa shape index (κ3) is 2.23. The zero-order valence-electron chi connectivity index (χ0n) is 7.41. The van der Waals surface area contributed by atoms with Crippen LogP contribution in [0.4, 0.5) is 0 Å². The molecule has 15 heavy (non-hydrogen) atoms. The summed E-state index contributed by atoms with van der Waals surface area (Å²) in [6, 6.07) is 6.83. The van der Waals surface area contributed by atoms with E-state index in [9.17, 15) is 4.79 Å². The molecule has 0 aliphatic heterocycles. The van der Waals surface area contributed by atoms with Gasteiger partial charge in [-0.1, -0.05) is 23.7 Å². The first-order chi connectivity index (χ1) is 6.70. The van der Waals surface area contributed by atoms with Crippen LogP contribution in [-0.2, 0) is 0 Å². The highest BCUT2D eigenvalue weighted by atomic mass is 35.5. The van der Waals surface area contributed by atoms with E-state index in [1.807, 2.05) is 0 Å². The van der Waals surface area contributed by atoms with Crippen molar-refractivity contribution >= 4 is 51.8 Å². The Hall–Kier alpha value is -0.830. The van der Waals surface area contributed by atoms with Crippen LogP contribution in [0.3, 0.4) is 0 Å². The van der Waals surface area contributed by atoms with E-state index in [0.29, 0.717) is 16.1 Å². The zero-order chi connectivity index (χ0) is 10.1. The molecule has 0 aliphatic rings. The minimum absolute atomic E-state index is 0. The van der Waals surface area contributed by atoms with Crippen LogP contribution in [0.1, 0.15) is 10.4 Å². The Balaban J connectivity index is 0.00000112. The van der Waals surface area contributed by atoms with Gasteiger partial charge in [-0.25, -0.2) is 0 Å². The fourth-order valence-electron chi connectivity index (χ4n) is 1.30. The minimum Gasteiger partial charge on any atom is -0.276 e. The second-order valence-electron chi connectivity index (χ2n) is 2.77. The zero-order valence-corrected chi connectivity index (χ0v) is 9.73. The van der Waals surface area contributed by atoms with Gasteiger partial charge in [0, 0.05) is 11.6 Å². The van der Waals surface area contributed by atoms with E-state index in [4.69, 9.17) is 23.2 Å². The summed E-state index contributed by atoms with van der Waals surface area (Å²) in [5.74, 6) is 0. The van der Waals surface area contributed by atoms with Gasteiger partial charge >= 0.3 is 0 Å². The number of hydrogen-bond donors (Lipinski definition) is 0. The van der Waals surface area contributed by atoms with Crippen molar-refractivity contribution in [2.75, 3.05) is 0 Å². The van der Waals surface area contributed by atoms with Crippen LogP contribution in [0.15, 0.2) is 30.5 Å². The highest BCUT2D eigenvalue weighted by molar-refractivity contribution is 6.68. The molecule has 0 N–H and O–H groups in total. The van der Waals surface area contributed by atoms with Crippen LogP contribution in [0.2, 0.25) is 5.02 Å². The molecule has 0 unspecified atom stereocenters. The molecule has 2 aromatic rings. The van der Waals surface area contributed by atoms with Crippen molar-refractivity contribution in [1.82, 2.24) is 4.98 Å². The number of carbonyl (C=O) groups excluding carboxylic acids is 1. The lowest BCUT2D eigenvalue weighted by molar-refractivity contribution is 0.108. The van der Waals surface area contributed by atoms with Crippen LogP contribution in [0, 0.1) is 0 Å². The van der Waals surface area contributed by atoms with Crippen molar-refractivity contribution in [1.29, 1.82) is 0 Å². The van der Waals surface area contributed by atoms with Crippen LogP contribution in [-0.4, -0.2) is 10.2 Å². The molecule has 0 saturated carbocycles. The van der Waals surface area contributed by atoms with E-state index < -0.39 is 5.24 Å². The number of fused-ring (bicyclic) bond motifs is 1. The maximum absolute atomic E-state index is 11.1. The number of benzene rings is 1. The second kappa shape index (κ2) is 4.79. The van der Waals surface area contributed by atoms with Gasteiger partial charge in [0.1, 0.15) is 0 Å². The Morgan fingerprint density at radius 3 is 2.67 bits per heavy atom. The van der Waals surface area contributed by atoms with Gasteiger partial charge in [0.25, 0.3) is 5.24 Å². The van der Waals surface area contributed by atoms with Gasteiger partial charge in [-0.15, -0.1) is 12.4 Å². The van der Waals surface area contributed by atoms with Gasteiger partial charge in [0.2, 0.25) is 0 Å². The van der Waals surface area contributed by atoms with Crippen molar-refractivity contribution in [2.24, 2.45) is 0 Å². The summed E-state index contributed by atoms with van der Waals surface area (Å²) in [6.45, 7) is 0. The Kier molecular flexibility index (Phi) is 3.91. The molecule has 0 radical (unpaired) electrons. The van der Waals surface area contributed by atoms with E-state index in [1.165, 1.54) is 0 Å². The molecule has 0 spiro atoms. The third-order valence-corrected chi connectivity index (χ3v) is 2.46. The number of pyridine rings is 1. The van der Waals surface area contributed by atoms with Crippen LogP contribution in [0.25, 0.3) is 10.9 Å². The summed E-state index contributed by atoms with van der Waals surface area (Å²) < 4.78 is 0. The summed E-state index contributed by atoms with van der Waals surface area (Å²) in [5, 5.41) is 0.779. The maximum Gasteiger partial charge on any atom is 0.254 e. The predicted octanol–water partition coefficient (Wildman–Crippen LogP) is 3.69. The van der Waals surface area contributed by atoms with Crippen LogP contribution < -0.4 is 0 Å². The molecule has 2 nitrogen and oxygen atoms in total. The molecule has 2 rings (SSSR count). The van der Waals surface area contributed by atoms with Crippen LogP contribution in [0.5, 0.6) is 0 Å². The van der Waals surface area contributed by atoms with Crippen molar-refractivity contribution in [3.63, 3.8) is 0 Å². The van der Waals surface area contributed by atoms with Gasteiger partial charge in [-0.05, 0) is 23.7 Å². The predicted molar refractivity (Wildman–Crippen MR) is 64.2 cm³/mol. The Bertz CT molecular complexity index is 513. The normalized spacial score (nSPS) is 9.73. The maximum atomic E-state index is 11.1. The Labute approximate surface area is 103 Å². The molecule has 0 fully saturated rings.